The van der Waals surface area contributed by atoms with Gasteiger partial charge in [-0.25, -0.2) is 13.4 Å². The molecule has 30 heavy (non-hydrogen) atoms. The Morgan fingerprint density at radius 1 is 1.07 bits per heavy atom. The van der Waals surface area contributed by atoms with Crippen LogP contribution in [0.15, 0.2) is 77.8 Å². The third-order valence-corrected chi connectivity index (χ3v) is 6.36. The summed E-state index contributed by atoms with van der Waals surface area (Å²) < 4.78 is 32.7. The maximum atomic E-state index is 13.0. The number of halogens is 1. The Morgan fingerprint density at radius 2 is 1.77 bits per heavy atom. The number of benzene rings is 2. The van der Waals surface area contributed by atoms with Crippen LogP contribution in [0.1, 0.15) is 6.92 Å². The second-order valence-electron chi connectivity index (χ2n) is 6.16. The smallest absolute Gasteiger partial charge is 0.264 e. The summed E-state index contributed by atoms with van der Waals surface area (Å²) in [6.07, 6.45) is 1.52. The molecular formula is C21H20ClN3O4S. The Hall–Kier alpha value is -3.10. The number of nitrogens with one attached hydrogen (secondary N) is 1. The lowest BCUT2D eigenvalue weighted by Gasteiger charge is -2.23. The third kappa shape index (κ3) is 5.08. The predicted octanol–water partition coefficient (Wildman–Crippen LogP) is 3.97. The third-order valence-electron chi connectivity index (χ3n) is 4.15. The van der Waals surface area contributed by atoms with Crippen LogP contribution in [0.2, 0.25) is 5.15 Å². The van der Waals surface area contributed by atoms with Crippen molar-refractivity contribution < 1.29 is 17.9 Å². The first-order valence-corrected chi connectivity index (χ1v) is 10.9. The molecule has 0 atom stereocenters. The average Bonchev–Trinajstić information content (AvgIpc) is 2.75. The van der Waals surface area contributed by atoms with Crippen LogP contribution in [0.25, 0.3) is 0 Å². The van der Waals surface area contributed by atoms with Gasteiger partial charge in [-0.1, -0.05) is 29.8 Å². The lowest BCUT2D eigenvalue weighted by molar-refractivity contribution is -0.118. The van der Waals surface area contributed by atoms with Crippen molar-refractivity contribution in [2.24, 2.45) is 0 Å². The first kappa shape index (κ1) is 21.6. The van der Waals surface area contributed by atoms with E-state index >= 15 is 0 Å². The summed E-state index contributed by atoms with van der Waals surface area (Å²) >= 11 is 5.90. The van der Waals surface area contributed by atoms with Gasteiger partial charge in [0.1, 0.15) is 5.75 Å². The maximum Gasteiger partial charge on any atom is 0.264 e. The van der Waals surface area contributed by atoms with E-state index in [2.05, 4.69) is 10.3 Å². The highest BCUT2D eigenvalue weighted by Gasteiger charge is 2.23. The summed E-state index contributed by atoms with van der Waals surface area (Å²) in [5.74, 6) is -0.0491. The van der Waals surface area contributed by atoms with Gasteiger partial charge in [0, 0.05) is 12.7 Å². The topological polar surface area (TPSA) is 88.6 Å². The Morgan fingerprint density at radius 3 is 2.40 bits per heavy atom. The Kier molecular flexibility index (Phi) is 6.91. The van der Waals surface area contributed by atoms with Crippen LogP contribution >= 0.6 is 11.6 Å². The molecule has 1 heterocycles. The molecule has 0 fully saturated rings. The molecule has 0 bridgehead atoms. The number of hydrogen-bond donors (Lipinski definition) is 1. The average molecular weight is 446 g/mol. The van der Waals surface area contributed by atoms with Crippen LogP contribution in [0, 0.1) is 0 Å². The van der Waals surface area contributed by atoms with E-state index in [1.165, 1.54) is 34.8 Å². The largest absolute Gasteiger partial charge is 0.484 e. The molecule has 156 valence electrons. The van der Waals surface area contributed by atoms with Crippen LogP contribution in [-0.4, -0.2) is 32.5 Å². The zero-order valence-electron chi connectivity index (χ0n) is 16.2. The van der Waals surface area contributed by atoms with Gasteiger partial charge in [0.05, 0.1) is 16.3 Å². The van der Waals surface area contributed by atoms with Crippen LogP contribution in [0.3, 0.4) is 0 Å². The molecule has 1 N–H and O–H groups in total. The van der Waals surface area contributed by atoms with Crippen molar-refractivity contribution >= 4 is 38.9 Å². The number of para-hydroxylation sites is 1. The van der Waals surface area contributed by atoms with Crippen molar-refractivity contribution in [3.63, 3.8) is 0 Å². The molecule has 7 nitrogen and oxygen atoms in total. The second-order valence-corrected chi connectivity index (χ2v) is 8.38. The first-order chi connectivity index (χ1) is 14.4. The van der Waals surface area contributed by atoms with Gasteiger partial charge in [-0.05, 0) is 55.5 Å². The van der Waals surface area contributed by atoms with Crippen molar-refractivity contribution in [2.75, 3.05) is 22.8 Å². The number of pyridine rings is 1. The van der Waals surface area contributed by atoms with Crippen molar-refractivity contribution in [3.8, 4) is 5.75 Å². The second kappa shape index (κ2) is 9.60. The minimum absolute atomic E-state index is 0.132. The zero-order chi connectivity index (χ0) is 21.6. The van der Waals surface area contributed by atoms with Crippen LogP contribution in [0.4, 0.5) is 11.4 Å². The highest BCUT2D eigenvalue weighted by molar-refractivity contribution is 7.92. The fraction of sp³-hybridized carbons (Fsp3) is 0.143. The quantitative estimate of drug-likeness (QED) is 0.530. The highest BCUT2D eigenvalue weighted by Crippen LogP contribution is 2.25. The molecule has 0 saturated heterocycles. The number of ether oxygens (including phenoxy) is 1. The van der Waals surface area contributed by atoms with Crippen molar-refractivity contribution in [1.82, 2.24) is 4.98 Å². The fourth-order valence-corrected chi connectivity index (χ4v) is 4.38. The van der Waals surface area contributed by atoms with E-state index in [4.69, 9.17) is 16.3 Å². The molecule has 0 aliphatic rings. The summed E-state index contributed by atoms with van der Waals surface area (Å²) in [6.45, 7) is 1.80. The van der Waals surface area contributed by atoms with E-state index in [-0.39, 0.29) is 16.7 Å². The molecule has 2 aromatic carbocycles. The van der Waals surface area contributed by atoms with E-state index in [0.29, 0.717) is 23.7 Å². The molecule has 0 aliphatic heterocycles. The molecule has 0 spiro atoms. The summed E-state index contributed by atoms with van der Waals surface area (Å²) in [5, 5.41) is 2.78. The summed E-state index contributed by atoms with van der Waals surface area (Å²) in [6, 6.07) is 18.1. The monoisotopic (exact) mass is 445 g/mol. The minimum Gasteiger partial charge on any atom is -0.484 e. The SMILES string of the molecule is CCN(c1ccccc1)S(=O)(=O)c1ccc(OCC(=O)Nc2cccnc2Cl)cc1. The molecule has 3 rings (SSSR count). The van der Waals surface area contributed by atoms with Crippen molar-refractivity contribution in [1.29, 1.82) is 0 Å². The number of carbonyl (C=O) groups is 1. The Bertz CT molecular complexity index is 1110. The first-order valence-electron chi connectivity index (χ1n) is 9.13. The number of carbonyl (C=O) groups excluding carboxylic acids is 1. The lowest BCUT2D eigenvalue weighted by atomic mass is 10.3. The predicted molar refractivity (Wildman–Crippen MR) is 116 cm³/mol. The number of sulfonamides is 1. The van der Waals surface area contributed by atoms with Gasteiger partial charge in [-0.2, -0.15) is 0 Å². The zero-order valence-corrected chi connectivity index (χ0v) is 17.7. The molecule has 0 unspecified atom stereocenters. The molecular weight excluding hydrogens is 426 g/mol. The number of hydrogen-bond acceptors (Lipinski definition) is 5. The van der Waals surface area contributed by atoms with E-state index in [1.807, 2.05) is 6.07 Å². The van der Waals surface area contributed by atoms with Gasteiger partial charge < -0.3 is 10.1 Å². The normalized spacial score (nSPS) is 11.0. The number of rotatable bonds is 8. The summed E-state index contributed by atoms with van der Waals surface area (Å²) in [4.78, 5) is 16.0. The molecule has 3 aromatic rings. The summed E-state index contributed by atoms with van der Waals surface area (Å²) in [7, 11) is -3.72. The Balaban J connectivity index is 1.65. The summed E-state index contributed by atoms with van der Waals surface area (Å²) in [5.41, 5.74) is 0.973. The molecule has 9 heteroatoms. The molecule has 0 aliphatic carbocycles. The number of aromatic nitrogens is 1. The minimum atomic E-state index is -3.72. The fourth-order valence-electron chi connectivity index (χ4n) is 2.74. The standard InChI is InChI=1S/C21H20ClN3O4S/c1-2-25(16-7-4-3-5-8-16)30(27,28)18-12-10-17(11-13-18)29-15-20(26)24-19-9-6-14-23-21(19)22/h3-14H,2,15H2,1H3,(H,24,26). The number of nitrogens with zero attached hydrogens (tertiary/aromatic N) is 2. The van der Waals surface area contributed by atoms with Gasteiger partial charge in [0.15, 0.2) is 11.8 Å². The molecule has 0 radical (unpaired) electrons. The van der Waals surface area contributed by atoms with Crippen LogP contribution in [0.5, 0.6) is 5.75 Å². The van der Waals surface area contributed by atoms with E-state index < -0.39 is 15.9 Å². The molecule has 1 aromatic heterocycles. The van der Waals surface area contributed by atoms with Gasteiger partial charge in [0.25, 0.3) is 15.9 Å². The Labute approximate surface area is 180 Å². The molecule has 1 amide bonds. The lowest BCUT2D eigenvalue weighted by Crippen LogP contribution is -2.30. The van der Waals surface area contributed by atoms with Crippen molar-refractivity contribution in [2.45, 2.75) is 11.8 Å². The van der Waals surface area contributed by atoms with Gasteiger partial charge in [0.2, 0.25) is 0 Å². The number of anilines is 2. The van der Waals surface area contributed by atoms with Crippen LogP contribution in [-0.2, 0) is 14.8 Å². The van der Waals surface area contributed by atoms with E-state index in [0.717, 1.165) is 0 Å². The number of amides is 1. The maximum absolute atomic E-state index is 13.0. The van der Waals surface area contributed by atoms with Crippen LogP contribution < -0.4 is 14.4 Å². The van der Waals surface area contributed by atoms with E-state index in [1.54, 1.807) is 43.3 Å². The van der Waals surface area contributed by atoms with E-state index in [9.17, 15) is 13.2 Å². The van der Waals surface area contributed by atoms with Gasteiger partial charge in [-0.3, -0.25) is 9.10 Å². The molecule has 0 saturated carbocycles. The van der Waals surface area contributed by atoms with Crippen molar-refractivity contribution in [3.05, 3.63) is 78.1 Å². The van der Waals surface area contributed by atoms with Gasteiger partial charge in [-0.15, -0.1) is 0 Å². The highest BCUT2D eigenvalue weighted by atomic mass is 35.5. The van der Waals surface area contributed by atoms with Gasteiger partial charge >= 0.3 is 0 Å².